The average molecular weight is 408 g/mol. The lowest BCUT2D eigenvalue weighted by atomic mass is 9.95. The fraction of sp³-hybridized carbons (Fsp3) is 0.348. The Morgan fingerprint density at radius 2 is 1.87 bits per heavy atom. The lowest BCUT2D eigenvalue weighted by Gasteiger charge is -2.30. The lowest BCUT2D eigenvalue weighted by Crippen LogP contribution is -2.37. The summed E-state index contributed by atoms with van der Waals surface area (Å²) in [6.07, 6.45) is 1.57. The summed E-state index contributed by atoms with van der Waals surface area (Å²) in [6.45, 7) is 6.23. The molecule has 0 unspecified atom stereocenters. The number of rotatable bonds is 5. The van der Waals surface area contributed by atoms with Gasteiger partial charge in [-0.15, -0.1) is 0 Å². The molecule has 1 saturated heterocycles. The first kappa shape index (κ1) is 20.2. The first-order valence-electron chi connectivity index (χ1n) is 10.2. The molecular formula is C23H25FN4O2. The van der Waals surface area contributed by atoms with Gasteiger partial charge in [0, 0.05) is 17.2 Å². The highest BCUT2D eigenvalue weighted by Gasteiger charge is 2.26. The highest BCUT2D eigenvalue weighted by molar-refractivity contribution is 5.92. The maximum absolute atomic E-state index is 13.1. The summed E-state index contributed by atoms with van der Waals surface area (Å²) in [5.41, 5.74) is 3.95. The molecule has 156 valence electrons. The van der Waals surface area contributed by atoms with E-state index in [0.717, 1.165) is 31.6 Å². The van der Waals surface area contributed by atoms with Crippen LogP contribution < -0.4 is 5.32 Å². The standard InChI is InChI=1S/C23H25FN4O2/c1-15-3-8-20(13-16(15)2)25-23(29)18-9-11-28(12-10-18)14-21-26-22(27-30-21)17-4-6-19(24)7-5-17/h3-8,13,18H,9-12,14H2,1-2H3,(H,25,29). The first-order valence-corrected chi connectivity index (χ1v) is 10.2. The van der Waals surface area contributed by atoms with E-state index in [9.17, 15) is 9.18 Å². The number of likely N-dealkylation sites (tertiary alicyclic amines) is 1. The fourth-order valence-corrected chi connectivity index (χ4v) is 3.64. The van der Waals surface area contributed by atoms with Crippen LogP contribution in [0.4, 0.5) is 10.1 Å². The van der Waals surface area contributed by atoms with Gasteiger partial charge in [-0.05, 0) is 87.3 Å². The highest BCUT2D eigenvalue weighted by atomic mass is 19.1. The van der Waals surface area contributed by atoms with E-state index in [1.165, 1.54) is 23.3 Å². The summed E-state index contributed by atoms with van der Waals surface area (Å²) in [7, 11) is 0. The van der Waals surface area contributed by atoms with Crippen molar-refractivity contribution in [1.82, 2.24) is 15.0 Å². The van der Waals surface area contributed by atoms with Crippen LogP contribution in [0.2, 0.25) is 0 Å². The van der Waals surface area contributed by atoms with E-state index in [2.05, 4.69) is 27.3 Å². The minimum absolute atomic E-state index is 0.000297. The second-order valence-electron chi connectivity index (χ2n) is 7.86. The predicted molar refractivity (Wildman–Crippen MR) is 112 cm³/mol. The Hall–Kier alpha value is -3.06. The average Bonchev–Trinajstić information content (AvgIpc) is 3.20. The van der Waals surface area contributed by atoms with Gasteiger partial charge < -0.3 is 9.84 Å². The Morgan fingerprint density at radius 1 is 1.13 bits per heavy atom. The molecule has 2 heterocycles. The number of aryl methyl sites for hydroxylation is 2. The number of aromatic nitrogens is 2. The van der Waals surface area contributed by atoms with Crippen LogP contribution in [0.5, 0.6) is 0 Å². The van der Waals surface area contributed by atoms with Crippen LogP contribution in [0, 0.1) is 25.6 Å². The third kappa shape index (κ3) is 4.74. The molecule has 0 aliphatic carbocycles. The van der Waals surface area contributed by atoms with Gasteiger partial charge in [-0.1, -0.05) is 11.2 Å². The zero-order valence-corrected chi connectivity index (χ0v) is 17.2. The second-order valence-corrected chi connectivity index (χ2v) is 7.86. The predicted octanol–water partition coefficient (Wildman–Crippen LogP) is 4.34. The number of nitrogens with one attached hydrogen (secondary N) is 1. The monoisotopic (exact) mass is 408 g/mol. The van der Waals surface area contributed by atoms with E-state index >= 15 is 0 Å². The molecular weight excluding hydrogens is 383 g/mol. The fourth-order valence-electron chi connectivity index (χ4n) is 3.64. The van der Waals surface area contributed by atoms with Crippen molar-refractivity contribution in [3.63, 3.8) is 0 Å². The normalized spacial score (nSPS) is 15.3. The molecule has 4 rings (SSSR count). The van der Waals surface area contributed by atoms with Crippen LogP contribution in [-0.4, -0.2) is 34.0 Å². The number of hydrogen-bond donors (Lipinski definition) is 1. The Balaban J connectivity index is 1.29. The van der Waals surface area contributed by atoms with Gasteiger partial charge in [-0.3, -0.25) is 9.69 Å². The molecule has 2 aromatic carbocycles. The number of carbonyl (C=O) groups excluding carboxylic acids is 1. The number of anilines is 1. The molecule has 0 saturated carbocycles. The van der Waals surface area contributed by atoms with Gasteiger partial charge in [0.15, 0.2) is 0 Å². The van der Waals surface area contributed by atoms with Gasteiger partial charge in [0.1, 0.15) is 5.82 Å². The zero-order valence-electron chi connectivity index (χ0n) is 17.2. The minimum atomic E-state index is -0.299. The Kier molecular flexibility index (Phi) is 5.90. The van der Waals surface area contributed by atoms with Crippen molar-refractivity contribution >= 4 is 11.6 Å². The van der Waals surface area contributed by atoms with Crippen molar-refractivity contribution in [2.24, 2.45) is 5.92 Å². The van der Waals surface area contributed by atoms with Gasteiger partial charge >= 0.3 is 0 Å². The van der Waals surface area contributed by atoms with Gasteiger partial charge in [0.2, 0.25) is 17.6 Å². The van der Waals surface area contributed by atoms with Crippen molar-refractivity contribution in [3.05, 3.63) is 65.3 Å². The first-order chi connectivity index (χ1) is 14.5. The topological polar surface area (TPSA) is 71.3 Å². The molecule has 1 fully saturated rings. The maximum Gasteiger partial charge on any atom is 0.241 e. The summed E-state index contributed by atoms with van der Waals surface area (Å²) < 4.78 is 18.4. The summed E-state index contributed by atoms with van der Waals surface area (Å²) in [6, 6.07) is 12.0. The Labute approximate surface area is 175 Å². The van der Waals surface area contributed by atoms with Crippen LogP contribution in [0.25, 0.3) is 11.4 Å². The number of piperidine rings is 1. The number of carbonyl (C=O) groups is 1. The van der Waals surface area contributed by atoms with Crippen LogP contribution >= 0.6 is 0 Å². The maximum atomic E-state index is 13.1. The number of halogens is 1. The summed E-state index contributed by atoms with van der Waals surface area (Å²) in [5.74, 6) is 0.751. The van der Waals surface area contributed by atoms with Crippen LogP contribution in [0.1, 0.15) is 29.9 Å². The molecule has 6 nitrogen and oxygen atoms in total. The van der Waals surface area contributed by atoms with Gasteiger partial charge in [0.05, 0.1) is 6.54 Å². The molecule has 0 atom stereocenters. The van der Waals surface area contributed by atoms with Gasteiger partial charge in [-0.2, -0.15) is 4.98 Å². The van der Waals surface area contributed by atoms with Crippen molar-refractivity contribution < 1.29 is 13.7 Å². The van der Waals surface area contributed by atoms with Crippen molar-refractivity contribution in [2.45, 2.75) is 33.2 Å². The van der Waals surface area contributed by atoms with E-state index in [-0.39, 0.29) is 17.6 Å². The quantitative estimate of drug-likeness (QED) is 0.680. The Morgan fingerprint density at radius 3 is 2.57 bits per heavy atom. The smallest absolute Gasteiger partial charge is 0.241 e. The molecule has 3 aromatic rings. The number of hydrogen-bond acceptors (Lipinski definition) is 5. The summed E-state index contributed by atoms with van der Waals surface area (Å²) >= 11 is 0. The molecule has 0 bridgehead atoms. The molecule has 1 aliphatic rings. The molecule has 0 spiro atoms. The third-order valence-electron chi connectivity index (χ3n) is 5.66. The minimum Gasteiger partial charge on any atom is -0.338 e. The molecule has 1 amide bonds. The molecule has 1 aliphatic heterocycles. The van der Waals surface area contributed by atoms with E-state index in [1.54, 1.807) is 12.1 Å². The van der Waals surface area contributed by atoms with E-state index < -0.39 is 0 Å². The van der Waals surface area contributed by atoms with Crippen LogP contribution in [0.15, 0.2) is 47.0 Å². The zero-order chi connectivity index (χ0) is 21.1. The van der Waals surface area contributed by atoms with E-state index in [4.69, 9.17) is 4.52 Å². The summed E-state index contributed by atoms with van der Waals surface area (Å²) in [4.78, 5) is 19.2. The van der Waals surface area contributed by atoms with Crippen LogP contribution in [0.3, 0.4) is 0 Å². The van der Waals surface area contributed by atoms with Crippen molar-refractivity contribution in [3.8, 4) is 11.4 Å². The van der Waals surface area contributed by atoms with Crippen molar-refractivity contribution in [2.75, 3.05) is 18.4 Å². The molecule has 7 heteroatoms. The lowest BCUT2D eigenvalue weighted by molar-refractivity contribution is -0.121. The second kappa shape index (κ2) is 8.75. The van der Waals surface area contributed by atoms with Gasteiger partial charge in [0.25, 0.3) is 0 Å². The molecule has 1 N–H and O–H groups in total. The highest BCUT2D eigenvalue weighted by Crippen LogP contribution is 2.23. The van der Waals surface area contributed by atoms with Crippen molar-refractivity contribution in [1.29, 1.82) is 0 Å². The molecule has 1 aromatic heterocycles. The number of benzene rings is 2. The van der Waals surface area contributed by atoms with E-state index in [0.29, 0.717) is 23.8 Å². The van der Waals surface area contributed by atoms with Gasteiger partial charge in [-0.25, -0.2) is 4.39 Å². The number of amides is 1. The number of nitrogens with zero attached hydrogens (tertiary/aromatic N) is 3. The van der Waals surface area contributed by atoms with Crippen LogP contribution in [-0.2, 0) is 11.3 Å². The largest absolute Gasteiger partial charge is 0.338 e. The Bertz CT molecular complexity index is 1020. The molecule has 0 radical (unpaired) electrons. The van der Waals surface area contributed by atoms with E-state index in [1.807, 2.05) is 25.1 Å². The third-order valence-corrected chi connectivity index (χ3v) is 5.66. The summed E-state index contributed by atoms with van der Waals surface area (Å²) in [5, 5.41) is 7.03. The SMILES string of the molecule is Cc1ccc(NC(=O)C2CCN(Cc3nc(-c4ccc(F)cc4)no3)CC2)cc1C. The molecule has 30 heavy (non-hydrogen) atoms.